The van der Waals surface area contributed by atoms with Crippen molar-refractivity contribution in [3.63, 3.8) is 0 Å². The highest BCUT2D eigenvalue weighted by Gasteiger charge is 2.43. The summed E-state index contributed by atoms with van der Waals surface area (Å²) in [5.41, 5.74) is 7.34. The van der Waals surface area contributed by atoms with Gasteiger partial charge < -0.3 is 25.3 Å². The Labute approximate surface area is 251 Å². The van der Waals surface area contributed by atoms with Crippen LogP contribution in [0, 0.1) is 11.3 Å². The Morgan fingerprint density at radius 3 is 2.07 bits per heavy atom. The molecule has 1 heterocycles. The molecule has 3 aromatic rings. The van der Waals surface area contributed by atoms with Gasteiger partial charge >= 0.3 is 11.9 Å². The van der Waals surface area contributed by atoms with E-state index in [0.717, 1.165) is 14.2 Å². The Hall–Kier alpha value is -4.98. The largest absolute Gasteiger partial charge is 0.466 e. The summed E-state index contributed by atoms with van der Waals surface area (Å²) < 4.78 is 16.0. The molecule has 12 heteroatoms. The number of rotatable bonds is 7. The van der Waals surface area contributed by atoms with E-state index in [1.807, 2.05) is 0 Å². The third kappa shape index (κ3) is 5.88. The molecule has 1 aliphatic heterocycles. The van der Waals surface area contributed by atoms with Gasteiger partial charge in [0.05, 0.1) is 53.1 Å². The van der Waals surface area contributed by atoms with Crippen LogP contribution >= 0.6 is 23.2 Å². The number of hydrogen-bond acceptors (Lipinski definition) is 9. The Bertz CT molecular complexity index is 1640. The lowest BCUT2D eigenvalue weighted by Crippen LogP contribution is -2.40. The predicted molar refractivity (Wildman–Crippen MR) is 157 cm³/mol. The van der Waals surface area contributed by atoms with Gasteiger partial charge in [-0.1, -0.05) is 53.5 Å². The minimum absolute atomic E-state index is 0.0129. The summed E-state index contributed by atoms with van der Waals surface area (Å²) >= 11 is 13.2. The van der Waals surface area contributed by atoms with Crippen molar-refractivity contribution in [2.45, 2.75) is 12.8 Å². The molecule has 0 bridgehead atoms. The molecule has 3 aromatic carbocycles. The number of allylic oxidation sites excluding steroid dienone is 1. The van der Waals surface area contributed by atoms with Crippen molar-refractivity contribution in [2.75, 3.05) is 24.4 Å². The van der Waals surface area contributed by atoms with Gasteiger partial charge in [0.25, 0.3) is 0 Å². The summed E-state index contributed by atoms with van der Waals surface area (Å²) in [6.45, 7) is 1.39. The number of benzene rings is 3. The van der Waals surface area contributed by atoms with E-state index in [9.17, 15) is 19.6 Å². The second-order valence-electron chi connectivity index (χ2n) is 8.88. The molecule has 42 heavy (non-hydrogen) atoms. The fourth-order valence-electron chi connectivity index (χ4n) is 4.48. The van der Waals surface area contributed by atoms with Gasteiger partial charge in [-0.2, -0.15) is 5.26 Å². The molecule has 1 atom stereocenters. The number of nitrogens with one attached hydrogen (secondary N) is 1. The van der Waals surface area contributed by atoms with Gasteiger partial charge in [0.15, 0.2) is 5.75 Å². The monoisotopic (exact) mass is 606 g/mol. The smallest absolute Gasteiger partial charge is 0.355 e. The number of hydrogen-bond donors (Lipinski definition) is 2. The average molecular weight is 607 g/mol. The number of amides is 1. The number of nitrogens with zero attached hydrogens (tertiary/aromatic N) is 2. The predicted octanol–water partition coefficient (Wildman–Crippen LogP) is 5.64. The first-order valence-corrected chi connectivity index (χ1v) is 13.1. The number of esters is 2. The van der Waals surface area contributed by atoms with Crippen molar-refractivity contribution in [3.8, 4) is 17.6 Å². The average Bonchev–Trinajstić information content (AvgIpc) is 2.98. The van der Waals surface area contributed by atoms with Crippen molar-refractivity contribution in [1.82, 2.24) is 0 Å². The highest BCUT2D eigenvalue weighted by atomic mass is 35.5. The van der Waals surface area contributed by atoms with Crippen LogP contribution in [0.4, 0.5) is 11.4 Å². The fourth-order valence-corrected chi connectivity index (χ4v) is 5.03. The van der Waals surface area contributed by atoms with Crippen LogP contribution in [-0.2, 0) is 23.9 Å². The van der Waals surface area contributed by atoms with Crippen LogP contribution in [0.2, 0.25) is 10.0 Å². The number of carbonyl (C=O) groups excluding carboxylic acids is 3. The second-order valence-corrected chi connectivity index (χ2v) is 9.70. The fraction of sp³-hybridized carbons (Fsp3) is 0.133. The molecule has 0 aliphatic carbocycles. The molecular weight excluding hydrogens is 583 g/mol. The molecule has 0 aromatic heterocycles. The number of ether oxygens (including phenoxy) is 3. The highest BCUT2D eigenvalue weighted by Crippen LogP contribution is 2.46. The van der Waals surface area contributed by atoms with Gasteiger partial charge in [0, 0.05) is 12.6 Å². The van der Waals surface area contributed by atoms with E-state index in [2.05, 4.69) is 11.4 Å². The lowest BCUT2D eigenvalue weighted by molar-refractivity contribution is -0.139. The van der Waals surface area contributed by atoms with E-state index in [4.69, 9.17) is 43.1 Å². The summed E-state index contributed by atoms with van der Waals surface area (Å²) in [7, 11) is 2.31. The molecule has 0 radical (unpaired) electrons. The number of carbonyl (C=O) groups is 3. The molecule has 1 aliphatic rings. The Kier molecular flexibility index (Phi) is 9.06. The SMILES string of the molecule is COC(=O)C1=C(C(=O)OC)N(c2cc(Cl)c(Oc3ccc(NC(C)=O)cc3)c(Cl)c2)C(N)=C(C#N)C1c1ccccc1. The first-order chi connectivity index (χ1) is 20.1. The maximum absolute atomic E-state index is 13.3. The number of halogens is 2. The number of anilines is 2. The molecule has 0 saturated heterocycles. The maximum Gasteiger partial charge on any atom is 0.355 e. The van der Waals surface area contributed by atoms with E-state index in [1.54, 1.807) is 54.6 Å². The minimum atomic E-state index is -1.02. The molecule has 0 spiro atoms. The van der Waals surface area contributed by atoms with E-state index in [1.165, 1.54) is 24.0 Å². The molecular formula is C30H24Cl2N4O6. The van der Waals surface area contributed by atoms with Gasteiger partial charge in [-0.05, 0) is 42.0 Å². The van der Waals surface area contributed by atoms with Crippen molar-refractivity contribution in [3.05, 3.63) is 105 Å². The summed E-state index contributed by atoms with van der Waals surface area (Å²) in [6.07, 6.45) is 0. The van der Waals surface area contributed by atoms with Crippen molar-refractivity contribution < 1.29 is 28.6 Å². The Morgan fingerprint density at radius 1 is 0.952 bits per heavy atom. The summed E-state index contributed by atoms with van der Waals surface area (Å²) in [4.78, 5) is 38.9. The molecule has 0 saturated carbocycles. The molecule has 10 nitrogen and oxygen atoms in total. The first kappa shape index (κ1) is 30.0. The zero-order valence-electron chi connectivity index (χ0n) is 22.6. The van der Waals surface area contributed by atoms with E-state index in [-0.39, 0.29) is 50.1 Å². The Balaban J connectivity index is 1.86. The van der Waals surface area contributed by atoms with Gasteiger partial charge in [0.2, 0.25) is 5.91 Å². The normalized spacial score (nSPS) is 14.7. The number of methoxy groups -OCH3 is 2. The topological polar surface area (TPSA) is 144 Å². The van der Waals surface area contributed by atoms with Crippen LogP contribution in [-0.4, -0.2) is 32.1 Å². The molecule has 3 N–H and O–H groups in total. The zero-order valence-corrected chi connectivity index (χ0v) is 24.1. The van der Waals surface area contributed by atoms with Crippen LogP contribution < -0.4 is 20.7 Å². The van der Waals surface area contributed by atoms with Gasteiger partial charge in [-0.15, -0.1) is 0 Å². The van der Waals surface area contributed by atoms with E-state index in [0.29, 0.717) is 17.0 Å². The number of nitriles is 1. The van der Waals surface area contributed by atoms with Crippen molar-refractivity contribution >= 4 is 52.4 Å². The Morgan fingerprint density at radius 2 is 1.55 bits per heavy atom. The first-order valence-electron chi connectivity index (χ1n) is 12.3. The standard InChI is InChI=1S/C30H24Cl2N4O6/c1-16(37)35-18-9-11-20(12-10-18)42-27-22(31)13-19(14-23(27)32)36-26(30(39)41-3)25(29(38)40-2)24(21(15-33)28(36)34)17-7-5-4-6-8-17/h4-14,24H,34H2,1-3H3,(H,35,37). The molecule has 1 amide bonds. The molecule has 4 rings (SSSR count). The summed E-state index contributed by atoms with van der Waals surface area (Å²) in [6, 6.07) is 20.0. The van der Waals surface area contributed by atoms with E-state index >= 15 is 0 Å². The van der Waals surface area contributed by atoms with Crippen LogP contribution in [0.15, 0.2) is 89.4 Å². The van der Waals surface area contributed by atoms with Crippen LogP contribution in [0.25, 0.3) is 0 Å². The second kappa shape index (κ2) is 12.7. The van der Waals surface area contributed by atoms with Crippen molar-refractivity contribution in [2.24, 2.45) is 5.73 Å². The van der Waals surface area contributed by atoms with Gasteiger partial charge in [-0.3, -0.25) is 9.69 Å². The van der Waals surface area contributed by atoms with Crippen LogP contribution in [0.3, 0.4) is 0 Å². The maximum atomic E-state index is 13.3. The van der Waals surface area contributed by atoms with Crippen LogP contribution in [0.1, 0.15) is 18.4 Å². The minimum Gasteiger partial charge on any atom is -0.466 e. The molecule has 214 valence electrons. The summed E-state index contributed by atoms with van der Waals surface area (Å²) in [5.74, 6) is -2.71. The van der Waals surface area contributed by atoms with E-state index < -0.39 is 17.9 Å². The molecule has 1 unspecified atom stereocenters. The number of nitrogens with two attached hydrogens (primary N) is 1. The van der Waals surface area contributed by atoms with Crippen LogP contribution in [0.5, 0.6) is 11.5 Å². The third-order valence-electron chi connectivity index (χ3n) is 6.25. The molecule has 0 fully saturated rings. The summed E-state index contributed by atoms with van der Waals surface area (Å²) in [5, 5.41) is 12.9. The third-order valence-corrected chi connectivity index (χ3v) is 6.81. The van der Waals surface area contributed by atoms with Gasteiger partial charge in [-0.25, -0.2) is 9.59 Å². The lowest BCUT2D eigenvalue weighted by Gasteiger charge is -2.36. The quantitative estimate of drug-likeness (QED) is 0.326. The lowest BCUT2D eigenvalue weighted by atomic mass is 9.81. The zero-order chi connectivity index (χ0) is 30.6. The van der Waals surface area contributed by atoms with Crippen molar-refractivity contribution in [1.29, 1.82) is 5.26 Å². The highest BCUT2D eigenvalue weighted by molar-refractivity contribution is 6.37. The van der Waals surface area contributed by atoms with Gasteiger partial charge in [0.1, 0.15) is 17.3 Å².